The van der Waals surface area contributed by atoms with Gasteiger partial charge in [0.25, 0.3) is 0 Å². The maximum absolute atomic E-state index is 12.1. The zero-order chi connectivity index (χ0) is 29.2. The van der Waals surface area contributed by atoms with E-state index in [-0.39, 0.29) is 11.8 Å². The van der Waals surface area contributed by atoms with E-state index in [0.29, 0.717) is 51.7 Å². The third-order valence-corrected chi connectivity index (χ3v) is 8.02. The second kappa shape index (κ2) is 14.7. The van der Waals surface area contributed by atoms with E-state index in [0.717, 1.165) is 45.5 Å². The van der Waals surface area contributed by atoms with Crippen molar-refractivity contribution >= 4 is 5.91 Å². The lowest BCUT2D eigenvalue weighted by Crippen LogP contribution is -2.46. The Balaban J connectivity index is 1.51. The Kier molecular flexibility index (Phi) is 11.1. The summed E-state index contributed by atoms with van der Waals surface area (Å²) in [6, 6.07) is 22.9. The summed E-state index contributed by atoms with van der Waals surface area (Å²) in [4.78, 5) is 11.4. The minimum Gasteiger partial charge on any atom is -0.387 e. The van der Waals surface area contributed by atoms with Gasteiger partial charge in [-0.15, -0.1) is 0 Å². The van der Waals surface area contributed by atoms with Crippen molar-refractivity contribution in [2.45, 2.75) is 44.8 Å². The first kappa shape index (κ1) is 30.9. The van der Waals surface area contributed by atoms with E-state index < -0.39 is 12.2 Å². The van der Waals surface area contributed by atoms with Crippen molar-refractivity contribution in [1.29, 1.82) is 0 Å². The average Bonchev–Trinajstić information content (AvgIpc) is 2.98. The standard InChI is InChI=1S/C34H44N2O5/c1-24(21-40-3)22-41-23-26-8-11-29(12-9-26)34(39)15-17-35-19-32(34)30-13-10-28(18-25(30)2)31-7-5-4-6-27(31)14-16-36-33(38)20-37/h4-13,18,24,32,35,37,39H,14-17,19-23H2,1-3H3,(H,36,38)/t24-,32+,34-/m0/s1. The summed E-state index contributed by atoms with van der Waals surface area (Å²) in [6.07, 6.45) is 1.30. The fraction of sp³-hybridized carbons (Fsp3) is 0.441. The molecule has 0 saturated carbocycles. The first-order valence-corrected chi connectivity index (χ1v) is 14.5. The third kappa shape index (κ3) is 7.82. The fourth-order valence-corrected chi connectivity index (χ4v) is 5.83. The molecule has 41 heavy (non-hydrogen) atoms. The summed E-state index contributed by atoms with van der Waals surface area (Å²) >= 11 is 0. The van der Waals surface area contributed by atoms with Crippen molar-refractivity contribution in [1.82, 2.24) is 10.6 Å². The second-order valence-corrected chi connectivity index (χ2v) is 11.2. The van der Waals surface area contributed by atoms with Gasteiger partial charge in [-0.3, -0.25) is 4.79 Å². The molecule has 0 bridgehead atoms. The van der Waals surface area contributed by atoms with Crippen molar-refractivity contribution in [2.24, 2.45) is 5.92 Å². The van der Waals surface area contributed by atoms with Gasteiger partial charge in [0, 0.05) is 32.0 Å². The number of benzene rings is 3. The van der Waals surface area contributed by atoms with Crippen LogP contribution >= 0.6 is 0 Å². The molecule has 3 aromatic carbocycles. The molecule has 1 aliphatic heterocycles. The van der Waals surface area contributed by atoms with E-state index in [4.69, 9.17) is 14.6 Å². The molecular weight excluding hydrogens is 516 g/mol. The quantitative estimate of drug-likeness (QED) is 0.252. The predicted octanol–water partition coefficient (Wildman–Crippen LogP) is 4.08. The Hall–Kier alpha value is -3.07. The lowest BCUT2D eigenvalue weighted by Gasteiger charge is -2.42. The van der Waals surface area contributed by atoms with Gasteiger partial charge in [-0.05, 0) is 65.3 Å². The molecule has 0 radical (unpaired) electrons. The van der Waals surface area contributed by atoms with E-state index in [2.05, 4.69) is 66.9 Å². The van der Waals surface area contributed by atoms with Crippen LogP contribution in [0.15, 0.2) is 66.7 Å². The zero-order valence-electron chi connectivity index (χ0n) is 24.5. The van der Waals surface area contributed by atoms with Gasteiger partial charge in [-0.25, -0.2) is 0 Å². The number of piperidine rings is 1. The smallest absolute Gasteiger partial charge is 0.245 e. The number of hydrogen-bond donors (Lipinski definition) is 4. The van der Waals surface area contributed by atoms with Crippen LogP contribution in [0.2, 0.25) is 0 Å². The van der Waals surface area contributed by atoms with Crippen molar-refractivity contribution in [3.8, 4) is 11.1 Å². The maximum Gasteiger partial charge on any atom is 0.245 e. The van der Waals surface area contributed by atoms with Crippen LogP contribution in [-0.2, 0) is 32.9 Å². The van der Waals surface area contributed by atoms with Crippen molar-refractivity contribution in [3.63, 3.8) is 0 Å². The number of hydrogen-bond acceptors (Lipinski definition) is 6. The highest BCUT2D eigenvalue weighted by molar-refractivity contribution is 5.77. The van der Waals surface area contributed by atoms with Gasteiger partial charge in [0.15, 0.2) is 0 Å². The molecule has 0 aromatic heterocycles. The normalized spacial score (nSPS) is 19.6. The Morgan fingerprint density at radius 3 is 2.63 bits per heavy atom. The number of carbonyl (C=O) groups excluding carboxylic acids is 1. The molecule has 1 aliphatic rings. The highest BCUT2D eigenvalue weighted by Crippen LogP contribution is 2.43. The highest BCUT2D eigenvalue weighted by Gasteiger charge is 2.41. The fourth-order valence-electron chi connectivity index (χ4n) is 5.83. The number of methoxy groups -OCH3 is 1. The highest BCUT2D eigenvalue weighted by atomic mass is 16.5. The maximum atomic E-state index is 12.1. The largest absolute Gasteiger partial charge is 0.387 e. The molecule has 4 rings (SSSR count). The van der Waals surface area contributed by atoms with Crippen LogP contribution in [0.3, 0.4) is 0 Å². The van der Waals surface area contributed by atoms with Crippen LogP contribution in [0, 0.1) is 12.8 Å². The molecule has 3 atom stereocenters. The number of rotatable bonds is 13. The molecule has 0 aliphatic carbocycles. The predicted molar refractivity (Wildman–Crippen MR) is 162 cm³/mol. The van der Waals surface area contributed by atoms with Gasteiger partial charge in [0.05, 0.1) is 25.4 Å². The third-order valence-electron chi connectivity index (χ3n) is 8.02. The number of aliphatic hydroxyl groups excluding tert-OH is 1. The Morgan fingerprint density at radius 1 is 1.12 bits per heavy atom. The zero-order valence-corrected chi connectivity index (χ0v) is 24.5. The first-order valence-electron chi connectivity index (χ1n) is 14.5. The molecule has 1 fully saturated rings. The molecule has 1 amide bonds. The molecule has 3 aromatic rings. The van der Waals surface area contributed by atoms with Gasteiger partial charge in [-0.2, -0.15) is 0 Å². The topological polar surface area (TPSA) is 100 Å². The number of aryl methyl sites for hydroxylation is 1. The molecule has 1 heterocycles. The summed E-state index contributed by atoms with van der Waals surface area (Å²) in [5.74, 6) is -0.115. The Morgan fingerprint density at radius 2 is 1.90 bits per heavy atom. The van der Waals surface area contributed by atoms with Crippen LogP contribution in [0.5, 0.6) is 0 Å². The SMILES string of the molecule is COC[C@H](C)COCc1ccc([C@@]2(O)CCNC[C@@H]2c2ccc(-c3ccccc3CCNC(=O)CO)cc2C)cc1. The molecule has 0 unspecified atom stereocenters. The number of carbonyl (C=O) groups is 1. The summed E-state index contributed by atoms with van der Waals surface area (Å²) in [5, 5.41) is 27.3. The van der Waals surface area contributed by atoms with Crippen molar-refractivity contribution in [3.05, 3.63) is 94.5 Å². The van der Waals surface area contributed by atoms with Crippen LogP contribution in [-0.4, -0.2) is 62.7 Å². The van der Waals surface area contributed by atoms with Crippen molar-refractivity contribution in [2.75, 3.05) is 46.6 Å². The van der Waals surface area contributed by atoms with Gasteiger partial charge < -0.3 is 30.3 Å². The minimum absolute atomic E-state index is 0.0915. The van der Waals surface area contributed by atoms with Gasteiger partial charge in [-0.1, -0.05) is 73.7 Å². The van der Waals surface area contributed by atoms with E-state index in [1.807, 2.05) is 24.3 Å². The van der Waals surface area contributed by atoms with E-state index in [9.17, 15) is 9.90 Å². The average molecular weight is 561 g/mol. The van der Waals surface area contributed by atoms with Crippen LogP contribution in [0.1, 0.15) is 47.1 Å². The van der Waals surface area contributed by atoms with E-state index in [1.54, 1.807) is 7.11 Å². The number of ether oxygens (including phenoxy) is 2. The number of nitrogens with one attached hydrogen (secondary N) is 2. The van der Waals surface area contributed by atoms with Crippen molar-refractivity contribution < 1.29 is 24.5 Å². The number of amides is 1. The molecule has 7 heteroatoms. The summed E-state index contributed by atoms with van der Waals surface area (Å²) in [7, 11) is 1.70. The molecule has 1 saturated heterocycles. The number of aliphatic hydroxyl groups is 2. The lowest BCUT2D eigenvalue weighted by atomic mass is 9.72. The van der Waals surface area contributed by atoms with Gasteiger partial charge in [0.1, 0.15) is 6.61 Å². The van der Waals surface area contributed by atoms with E-state index >= 15 is 0 Å². The monoisotopic (exact) mass is 560 g/mol. The van der Waals surface area contributed by atoms with Crippen LogP contribution in [0.4, 0.5) is 0 Å². The molecule has 0 spiro atoms. The molecular formula is C34H44N2O5. The lowest BCUT2D eigenvalue weighted by molar-refractivity contribution is -0.123. The summed E-state index contributed by atoms with van der Waals surface area (Å²) in [6.45, 7) is 7.49. The van der Waals surface area contributed by atoms with E-state index in [1.165, 1.54) is 0 Å². The molecule has 7 nitrogen and oxygen atoms in total. The molecule has 4 N–H and O–H groups in total. The van der Waals surface area contributed by atoms with Gasteiger partial charge >= 0.3 is 0 Å². The Labute approximate surface area is 243 Å². The summed E-state index contributed by atoms with van der Waals surface area (Å²) < 4.78 is 11.0. The summed E-state index contributed by atoms with van der Waals surface area (Å²) in [5.41, 5.74) is 6.66. The second-order valence-electron chi connectivity index (χ2n) is 11.2. The van der Waals surface area contributed by atoms with Crippen LogP contribution < -0.4 is 10.6 Å². The van der Waals surface area contributed by atoms with Gasteiger partial charge in [0.2, 0.25) is 5.91 Å². The molecule has 220 valence electrons. The minimum atomic E-state index is -0.979. The first-order chi connectivity index (χ1) is 19.9. The Bertz CT molecular complexity index is 1280. The van der Waals surface area contributed by atoms with Crippen LogP contribution in [0.25, 0.3) is 11.1 Å².